The van der Waals surface area contributed by atoms with Crippen LogP contribution in [0.3, 0.4) is 0 Å². The maximum absolute atomic E-state index is 12.9. The van der Waals surface area contributed by atoms with Crippen molar-refractivity contribution in [2.24, 2.45) is 0 Å². The Morgan fingerprint density at radius 1 is 0.879 bits per heavy atom. The van der Waals surface area contributed by atoms with Gasteiger partial charge in [0, 0.05) is 18.3 Å². The number of hydrogen-bond donors (Lipinski definition) is 3. The quantitative estimate of drug-likeness (QED) is 0.527. The number of pyridine rings is 1. The average Bonchev–Trinajstić information content (AvgIpc) is 2.77. The number of carbonyl (C=O) groups excluding carboxylic acids is 2. The van der Waals surface area contributed by atoms with E-state index in [1.165, 1.54) is 13.1 Å². The molecule has 0 bridgehead atoms. The highest BCUT2D eigenvalue weighted by atomic mass is 19.4. The molecule has 1 aromatic heterocycles. The minimum Gasteiger partial charge on any atom is -0.478 e. The highest BCUT2D eigenvalue weighted by molar-refractivity contribution is 6.10. The Bertz CT molecular complexity index is 1240. The summed E-state index contributed by atoms with van der Waals surface area (Å²) in [5.74, 6) is -2.74. The number of benzene rings is 2. The summed E-state index contributed by atoms with van der Waals surface area (Å²) in [4.78, 5) is 40.0. The fourth-order valence-electron chi connectivity index (χ4n) is 3.14. The van der Waals surface area contributed by atoms with Crippen molar-refractivity contribution < 1.29 is 32.7 Å². The van der Waals surface area contributed by atoms with Crippen LogP contribution in [0, 0.1) is 6.92 Å². The Morgan fingerprint density at radius 2 is 1.55 bits per heavy atom. The van der Waals surface area contributed by atoms with E-state index in [2.05, 4.69) is 15.6 Å². The van der Waals surface area contributed by atoms with Gasteiger partial charge in [-0.1, -0.05) is 12.1 Å². The smallest absolute Gasteiger partial charge is 0.416 e. The first-order valence-electron chi connectivity index (χ1n) is 9.56. The number of alkyl halides is 3. The van der Waals surface area contributed by atoms with Gasteiger partial charge < -0.3 is 15.7 Å². The van der Waals surface area contributed by atoms with Gasteiger partial charge in [-0.3, -0.25) is 9.59 Å². The van der Waals surface area contributed by atoms with Crippen LogP contribution in [-0.2, 0) is 6.18 Å². The molecule has 0 fully saturated rings. The predicted molar refractivity (Wildman–Crippen MR) is 114 cm³/mol. The molecule has 3 aromatic rings. The van der Waals surface area contributed by atoms with Crippen molar-refractivity contribution in [2.45, 2.75) is 13.1 Å². The van der Waals surface area contributed by atoms with Crippen LogP contribution in [0.25, 0.3) is 11.1 Å². The summed E-state index contributed by atoms with van der Waals surface area (Å²) in [6, 6.07) is 11.8. The number of anilines is 1. The topological polar surface area (TPSA) is 108 Å². The van der Waals surface area contributed by atoms with Crippen LogP contribution in [0.5, 0.6) is 0 Å². The molecule has 7 nitrogen and oxygen atoms in total. The van der Waals surface area contributed by atoms with E-state index in [4.69, 9.17) is 0 Å². The third kappa shape index (κ3) is 5.35. The summed E-state index contributed by atoms with van der Waals surface area (Å²) in [7, 11) is 1.52. The van der Waals surface area contributed by atoms with Crippen molar-refractivity contribution in [3.05, 3.63) is 82.5 Å². The minimum absolute atomic E-state index is 0.0848. The molecule has 0 aliphatic rings. The molecule has 3 N–H and O–H groups in total. The van der Waals surface area contributed by atoms with Crippen LogP contribution in [0.1, 0.15) is 42.3 Å². The van der Waals surface area contributed by atoms with Gasteiger partial charge in [-0.2, -0.15) is 13.2 Å². The Labute approximate surface area is 186 Å². The number of carboxylic acids is 1. The molecule has 10 heteroatoms. The molecule has 0 saturated heterocycles. The number of aromatic carboxylic acids is 1. The summed E-state index contributed by atoms with van der Waals surface area (Å²) < 4.78 is 38.8. The lowest BCUT2D eigenvalue weighted by atomic mass is 10.0. The van der Waals surface area contributed by atoms with E-state index in [1.54, 1.807) is 37.3 Å². The minimum atomic E-state index is -4.75. The largest absolute Gasteiger partial charge is 0.478 e. The molecule has 0 saturated carbocycles. The van der Waals surface area contributed by atoms with Crippen molar-refractivity contribution in [3.8, 4) is 11.1 Å². The number of carbonyl (C=O) groups is 3. The fraction of sp³-hybridized carbons (Fsp3) is 0.130. The number of rotatable bonds is 5. The van der Waals surface area contributed by atoms with Gasteiger partial charge in [-0.05, 0) is 60.5 Å². The molecular weight excluding hydrogens is 439 g/mol. The van der Waals surface area contributed by atoms with Crippen molar-refractivity contribution in [1.82, 2.24) is 10.3 Å². The third-order valence-electron chi connectivity index (χ3n) is 4.72. The van der Waals surface area contributed by atoms with Crippen LogP contribution >= 0.6 is 0 Å². The number of aromatic nitrogens is 1. The van der Waals surface area contributed by atoms with Gasteiger partial charge in [0.25, 0.3) is 11.8 Å². The van der Waals surface area contributed by atoms with Gasteiger partial charge in [-0.25, -0.2) is 9.78 Å². The van der Waals surface area contributed by atoms with Crippen LogP contribution in [0.2, 0.25) is 0 Å². The molecule has 0 aliphatic carbocycles. The van der Waals surface area contributed by atoms with E-state index in [0.29, 0.717) is 29.0 Å². The van der Waals surface area contributed by atoms with Crippen LogP contribution < -0.4 is 10.6 Å². The highest BCUT2D eigenvalue weighted by Crippen LogP contribution is 2.31. The molecule has 0 radical (unpaired) electrons. The summed E-state index contributed by atoms with van der Waals surface area (Å²) in [5.41, 5.74) is -0.00690. The van der Waals surface area contributed by atoms with Gasteiger partial charge in [-0.15, -0.1) is 0 Å². The van der Waals surface area contributed by atoms with Crippen LogP contribution in [0.15, 0.2) is 54.6 Å². The molecule has 33 heavy (non-hydrogen) atoms. The second kappa shape index (κ2) is 9.11. The van der Waals surface area contributed by atoms with Crippen LogP contribution in [0.4, 0.5) is 19.0 Å². The Hall–Kier alpha value is -4.21. The lowest BCUT2D eigenvalue weighted by molar-refractivity contribution is -0.137. The predicted octanol–water partition coefficient (Wildman–Crippen LogP) is 4.39. The number of aryl methyl sites for hydroxylation is 1. The van der Waals surface area contributed by atoms with E-state index >= 15 is 0 Å². The standard InChI is InChI=1S/C23H18F3N3O4/c1-12-9-15(13-3-5-14(6-4-13)20(30)27-2)10-19(28-12)29-21(31)17-8-7-16(23(24,25)26)11-18(17)22(32)33/h3-11H,1-2H3,(H,27,30)(H,32,33)(H,28,29,31). The van der Waals surface area contributed by atoms with Crippen molar-refractivity contribution >= 4 is 23.6 Å². The van der Waals surface area contributed by atoms with E-state index in [-0.39, 0.29) is 11.7 Å². The van der Waals surface area contributed by atoms with E-state index < -0.39 is 34.7 Å². The molecule has 3 rings (SSSR count). The zero-order chi connectivity index (χ0) is 24.3. The second-order valence-corrected chi connectivity index (χ2v) is 7.06. The van der Waals surface area contributed by atoms with E-state index in [9.17, 15) is 32.7 Å². The van der Waals surface area contributed by atoms with E-state index in [0.717, 1.165) is 11.6 Å². The Balaban J connectivity index is 1.92. The molecule has 0 atom stereocenters. The Morgan fingerprint density at radius 3 is 2.12 bits per heavy atom. The number of carboxylic acid groups (broad SMARTS) is 1. The molecular formula is C23H18F3N3O4. The summed E-state index contributed by atoms with van der Waals surface area (Å²) in [5, 5.41) is 14.3. The lowest BCUT2D eigenvalue weighted by Crippen LogP contribution is -2.19. The van der Waals surface area contributed by atoms with E-state index in [1.807, 2.05) is 0 Å². The van der Waals surface area contributed by atoms with Crippen molar-refractivity contribution in [2.75, 3.05) is 12.4 Å². The zero-order valence-corrected chi connectivity index (χ0v) is 17.4. The molecule has 170 valence electrons. The SMILES string of the molecule is CNC(=O)c1ccc(-c2cc(C)nc(NC(=O)c3ccc(C(F)(F)F)cc3C(=O)O)c2)cc1. The molecule has 2 aromatic carbocycles. The summed E-state index contributed by atoms with van der Waals surface area (Å²) in [6.45, 7) is 1.68. The highest BCUT2D eigenvalue weighted by Gasteiger charge is 2.32. The first-order chi connectivity index (χ1) is 15.5. The van der Waals surface area contributed by atoms with Gasteiger partial charge in [0.2, 0.25) is 0 Å². The summed E-state index contributed by atoms with van der Waals surface area (Å²) in [6.07, 6.45) is -4.75. The fourth-order valence-corrected chi connectivity index (χ4v) is 3.14. The maximum Gasteiger partial charge on any atom is 0.416 e. The molecule has 0 aliphatic heterocycles. The maximum atomic E-state index is 12.9. The third-order valence-corrected chi connectivity index (χ3v) is 4.72. The number of amides is 2. The number of nitrogens with zero attached hydrogens (tertiary/aromatic N) is 1. The average molecular weight is 457 g/mol. The first kappa shape index (κ1) is 23.5. The van der Waals surface area contributed by atoms with Gasteiger partial charge in [0.15, 0.2) is 0 Å². The Kier molecular flexibility index (Phi) is 6.47. The normalized spacial score (nSPS) is 11.1. The molecule has 1 heterocycles. The summed E-state index contributed by atoms with van der Waals surface area (Å²) >= 11 is 0. The van der Waals surface area contributed by atoms with Gasteiger partial charge >= 0.3 is 12.1 Å². The molecule has 2 amide bonds. The molecule has 0 unspecified atom stereocenters. The number of nitrogens with one attached hydrogen (secondary N) is 2. The lowest BCUT2D eigenvalue weighted by Gasteiger charge is -2.12. The van der Waals surface area contributed by atoms with Crippen molar-refractivity contribution in [1.29, 1.82) is 0 Å². The number of halogens is 3. The number of hydrogen-bond acceptors (Lipinski definition) is 4. The monoisotopic (exact) mass is 457 g/mol. The second-order valence-electron chi connectivity index (χ2n) is 7.06. The van der Waals surface area contributed by atoms with Crippen molar-refractivity contribution in [3.63, 3.8) is 0 Å². The van der Waals surface area contributed by atoms with Crippen LogP contribution in [-0.4, -0.2) is 34.9 Å². The first-order valence-corrected chi connectivity index (χ1v) is 9.56. The van der Waals surface area contributed by atoms with Gasteiger partial charge in [0.05, 0.1) is 16.7 Å². The van der Waals surface area contributed by atoms with Gasteiger partial charge in [0.1, 0.15) is 5.82 Å². The zero-order valence-electron chi connectivity index (χ0n) is 17.4. The molecule has 0 spiro atoms.